The standard InChI is InChI=1S/C20H29NO4/c1-14(2)11-15-7-6-8-16(12-15)18(22)17-13-24-10-9-21(17)19(23)25-20(3,4)5/h6-8,12,14,17H,9-11,13H2,1-5H3. The van der Waals surface area contributed by atoms with E-state index >= 15 is 0 Å². The minimum Gasteiger partial charge on any atom is -0.444 e. The highest BCUT2D eigenvalue weighted by atomic mass is 16.6. The highest BCUT2D eigenvalue weighted by Crippen LogP contribution is 2.19. The van der Waals surface area contributed by atoms with Crippen LogP contribution in [0.3, 0.4) is 0 Å². The van der Waals surface area contributed by atoms with Crippen LogP contribution in [-0.2, 0) is 15.9 Å². The number of carbonyl (C=O) groups is 2. The summed E-state index contributed by atoms with van der Waals surface area (Å²) >= 11 is 0. The molecule has 1 heterocycles. The van der Waals surface area contributed by atoms with Crippen molar-refractivity contribution in [3.8, 4) is 0 Å². The monoisotopic (exact) mass is 347 g/mol. The normalized spacial score (nSPS) is 18.3. The van der Waals surface area contributed by atoms with Gasteiger partial charge in [-0.2, -0.15) is 0 Å². The Morgan fingerprint density at radius 2 is 2.04 bits per heavy atom. The number of rotatable bonds is 4. The molecule has 1 saturated heterocycles. The van der Waals surface area contributed by atoms with Crippen LogP contribution in [0.15, 0.2) is 24.3 Å². The van der Waals surface area contributed by atoms with Crippen molar-refractivity contribution in [3.05, 3.63) is 35.4 Å². The van der Waals surface area contributed by atoms with Gasteiger partial charge < -0.3 is 9.47 Å². The maximum atomic E-state index is 13.0. The number of morpholine rings is 1. The minimum absolute atomic E-state index is 0.101. The van der Waals surface area contributed by atoms with E-state index in [0.717, 1.165) is 12.0 Å². The van der Waals surface area contributed by atoms with Crippen molar-refractivity contribution in [3.63, 3.8) is 0 Å². The average molecular weight is 347 g/mol. The Bertz CT molecular complexity index is 618. The molecule has 5 nitrogen and oxygen atoms in total. The number of hydrogen-bond donors (Lipinski definition) is 0. The number of nitrogens with zero attached hydrogens (tertiary/aromatic N) is 1. The van der Waals surface area contributed by atoms with E-state index in [4.69, 9.17) is 9.47 Å². The van der Waals surface area contributed by atoms with Gasteiger partial charge >= 0.3 is 6.09 Å². The highest BCUT2D eigenvalue weighted by Gasteiger charge is 2.35. The van der Waals surface area contributed by atoms with Gasteiger partial charge in [-0.1, -0.05) is 32.0 Å². The molecule has 0 spiro atoms. The Hall–Kier alpha value is -1.88. The molecule has 25 heavy (non-hydrogen) atoms. The average Bonchev–Trinajstić information content (AvgIpc) is 2.52. The summed E-state index contributed by atoms with van der Waals surface area (Å²) < 4.78 is 10.9. The van der Waals surface area contributed by atoms with E-state index in [1.807, 2.05) is 39.0 Å². The van der Waals surface area contributed by atoms with Gasteiger partial charge in [0.15, 0.2) is 5.78 Å². The van der Waals surface area contributed by atoms with Gasteiger partial charge in [0.1, 0.15) is 11.6 Å². The number of benzene rings is 1. The van der Waals surface area contributed by atoms with Crippen LogP contribution in [0.25, 0.3) is 0 Å². The van der Waals surface area contributed by atoms with E-state index in [0.29, 0.717) is 24.6 Å². The van der Waals surface area contributed by atoms with Crippen LogP contribution in [0, 0.1) is 5.92 Å². The van der Waals surface area contributed by atoms with Crippen LogP contribution >= 0.6 is 0 Å². The lowest BCUT2D eigenvalue weighted by molar-refractivity contribution is -0.0265. The molecule has 1 fully saturated rings. The SMILES string of the molecule is CC(C)Cc1cccc(C(=O)C2COCCN2C(=O)OC(C)(C)C)c1. The summed E-state index contributed by atoms with van der Waals surface area (Å²) in [6, 6.07) is 7.00. The predicted octanol–water partition coefficient (Wildman–Crippen LogP) is 3.70. The number of hydrogen-bond acceptors (Lipinski definition) is 4. The maximum Gasteiger partial charge on any atom is 0.411 e. The quantitative estimate of drug-likeness (QED) is 0.779. The Morgan fingerprint density at radius 3 is 2.68 bits per heavy atom. The van der Waals surface area contributed by atoms with Crippen molar-refractivity contribution in [2.45, 2.75) is 52.7 Å². The van der Waals surface area contributed by atoms with Crippen molar-refractivity contribution >= 4 is 11.9 Å². The zero-order valence-electron chi connectivity index (χ0n) is 15.9. The van der Waals surface area contributed by atoms with Crippen LogP contribution in [-0.4, -0.2) is 48.2 Å². The predicted molar refractivity (Wildman–Crippen MR) is 96.9 cm³/mol. The summed E-state index contributed by atoms with van der Waals surface area (Å²) in [5.41, 5.74) is 1.14. The van der Waals surface area contributed by atoms with Crippen molar-refractivity contribution in [2.24, 2.45) is 5.92 Å². The summed E-state index contributed by atoms with van der Waals surface area (Å²) in [6.45, 7) is 10.7. The van der Waals surface area contributed by atoms with Crippen LogP contribution in [0.2, 0.25) is 0 Å². The molecule has 0 bridgehead atoms. The fourth-order valence-electron chi connectivity index (χ4n) is 2.88. The van der Waals surface area contributed by atoms with Crippen molar-refractivity contribution in [1.82, 2.24) is 4.90 Å². The third-order valence-corrected chi connectivity index (χ3v) is 3.91. The van der Waals surface area contributed by atoms with Gasteiger partial charge in [-0.25, -0.2) is 4.79 Å². The van der Waals surface area contributed by atoms with Gasteiger partial charge in [0.25, 0.3) is 0 Å². The van der Waals surface area contributed by atoms with Gasteiger partial charge in [-0.05, 0) is 44.7 Å². The third kappa shape index (κ3) is 5.56. The molecule has 0 aromatic heterocycles. The van der Waals surface area contributed by atoms with Crippen molar-refractivity contribution in [2.75, 3.05) is 19.8 Å². The van der Waals surface area contributed by atoms with Gasteiger partial charge in [0.05, 0.1) is 13.2 Å². The second-order valence-electron chi connectivity index (χ2n) is 7.93. The first kappa shape index (κ1) is 19.4. The summed E-state index contributed by atoms with van der Waals surface area (Å²) in [7, 11) is 0. The van der Waals surface area contributed by atoms with E-state index in [1.54, 1.807) is 6.07 Å². The first-order valence-corrected chi connectivity index (χ1v) is 8.88. The van der Waals surface area contributed by atoms with Crippen LogP contribution in [0.4, 0.5) is 4.79 Å². The lowest BCUT2D eigenvalue weighted by Crippen LogP contribution is -2.53. The molecule has 2 rings (SSSR count). The zero-order valence-corrected chi connectivity index (χ0v) is 15.9. The number of ketones is 1. The molecule has 1 amide bonds. The summed E-state index contributed by atoms with van der Waals surface area (Å²) in [4.78, 5) is 26.9. The van der Waals surface area contributed by atoms with E-state index in [2.05, 4.69) is 13.8 Å². The molecule has 0 N–H and O–H groups in total. The highest BCUT2D eigenvalue weighted by molar-refractivity contribution is 6.01. The molecule has 0 radical (unpaired) electrons. The minimum atomic E-state index is -0.641. The fraction of sp³-hybridized carbons (Fsp3) is 0.600. The molecule has 1 atom stereocenters. The van der Waals surface area contributed by atoms with Crippen LogP contribution in [0.5, 0.6) is 0 Å². The van der Waals surface area contributed by atoms with Crippen molar-refractivity contribution < 1.29 is 19.1 Å². The Morgan fingerprint density at radius 1 is 1.32 bits per heavy atom. The number of ether oxygens (including phenoxy) is 2. The summed E-state index contributed by atoms with van der Waals surface area (Å²) in [5, 5.41) is 0. The lowest BCUT2D eigenvalue weighted by Gasteiger charge is -2.35. The lowest BCUT2D eigenvalue weighted by atomic mass is 9.97. The fourth-order valence-corrected chi connectivity index (χ4v) is 2.88. The Balaban J connectivity index is 2.19. The van der Waals surface area contributed by atoms with Crippen LogP contribution < -0.4 is 0 Å². The number of carbonyl (C=O) groups excluding carboxylic acids is 2. The first-order chi connectivity index (χ1) is 11.7. The van der Waals surface area contributed by atoms with E-state index in [1.165, 1.54) is 4.90 Å². The molecule has 5 heteroatoms. The molecular weight excluding hydrogens is 318 g/mol. The molecule has 138 valence electrons. The summed E-state index contributed by atoms with van der Waals surface area (Å²) in [6.07, 6.45) is 0.449. The largest absolute Gasteiger partial charge is 0.444 e. The van der Waals surface area contributed by atoms with Gasteiger partial charge in [0, 0.05) is 12.1 Å². The van der Waals surface area contributed by atoms with Gasteiger partial charge in [-0.3, -0.25) is 9.69 Å². The second kappa shape index (κ2) is 8.00. The second-order valence-corrected chi connectivity index (χ2v) is 7.93. The smallest absolute Gasteiger partial charge is 0.411 e. The number of amides is 1. The molecule has 1 aliphatic rings. The van der Waals surface area contributed by atoms with Gasteiger partial charge in [0.2, 0.25) is 0 Å². The summed E-state index contributed by atoms with van der Waals surface area (Å²) in [5.74, 6) is 0.415. The molecular formula is C20H29NO4. The maximum absolute atomic E-state index is 13.0. The molecule has 0 saturated carbocycles. The van der Waals surface area contributed by atoms with Crippen LogP contribution in [0.1, 0.15) is 50.5 Å². The molecule has 1 aliphatic heterocycles. The third-order valence-electron chi connectivity index (χ3n) is 3.91. The molecule has 1 aromatic rings. The van der Waals surface area contributed by atoms with E-state index in [9.17, 15) is 9.59 Å². The zero-order chi connectivity index (χ0) is 18.6. The topological polar surface area (TPSA) is 55.8 Å². The van der Waals surface area contributed by atoms with E-state index < -0.39 is 17.7 Å². The Labute approximate surface area is 150 Å². The molecule has 0 aliphatic carbocycles. The molecule has 1 unspecified atom stereocenters. The van der Waals surface area contributed by atoms with E-state index in [-0.39, 0.29) is 12.4 Å². The Kier molecular flexibility index (Phi) is 6.22. The van der Waals surface area contributed by atoms with Crippen molar-refractivity contribution in [1.29, 1.82) is 0 Å². The van der Waals surface area contributed by atoms with Gasteiger partial charge in [-0.15, -0.1) is 0 Å². The first-order valence-electron chi connectivity index (χ1n) is 8.88. The number of Topliss-reactive ketones (excluding diaryl/α,β-unsaturated/α-hetero) is 1. The molecule has 1 aromatic carbocycles.